The first-order valence-corrected chi connectivity index (χ1v) is 9.36. The van der Waals surface area contributed by atoms with Gasteiger partial charge in [-0.15, -0.1) is 0 Å². The monoisotopic (exact) mass is 420 g/mol. The molecule has 0 aliphatic carbocycles. The van der Waals surface area contributed by atoms with E-state index in [1.165, 1.54) is 0 Å². The van der Waals surface area contributed by atoms with E-state index in [9.17, 15) is 0 Å². The molecule has 0 fully saturated rings. The number of hydrogen-bond donors (Lipinski definition) is 2. The summed E-state index contributed by atoms with van der Waals surface area (Å²) in [4.78, 5) is 1.25. The van der Waals surface area contributed by atoms with Crippen LogP contribution in [0.2, 0.25) is 0 Å². The summed E-state index contributed by atoms with van der Waals surface area (Å²) in [6.45, 7) is 1.22. The van der Waals surface area contributed by atoms with Crippen molar-refractivity contribution in [1.82, 2.24) is 10.6 Å². The third kappa shape index (κ3) is 5.46. The highest BCUT2D eigenvalue weighted by molar-refractivity contribution is 7.81. The Hall–Kier alpha value is -2.58. The van der Waals surface area contributed by atoms with Crippen LogP contribution in [0.5, 0.6) is 23.0 Å². The second kappa shape index (κ2) is 10.7. The molecule has 0 spiro atoms. The Morgan fingerprint density at radius 3 is 1.32 bits per heavy atom. The molecule has 0 atom stereocenters. The van der Waals surface area contributed by atoms with Crippen LogP contribution in [0.15, 0.2) is 36.4 Å². The van der Waals surface area contributed by atoms with Gasteiger partial charge in [0.25, 0.3) is 0 Å². The number of ether oxygens (including phenoxy) is 4. The highest BCUT2D eigenvalue weighted by Gasteiger charge is 2.09. The van der Waals surface area contributed by atoms with Gasteiger partial charge >= 0.3 is 0 Å². The van der Waals surface area contributed by atoms with Gasteiger partial charge in [0.05, 0.1) is 28.4 Å². The number of rotatable bonds is 9. The fourth-order valence-corrected chi connectivity index (χ4v) is 2.97. The van der Waals surface area contributed by atoms with E-state index in [-0.39, 0.29) is 0 Å². The van der Waals surface area contributed by atoms with E-state index < -0.39 is 0 Å². The summed E-state index contributed by atoms with van der Waals surface area (Å²) < 4.78 is 21.1. The first-order valence-electron chi connectivity index (χ1n) is 8.54. The van der Waals surface area contributed by atoms with Crippen LogP contribution in [0.25, 0.3) is 0 Å². The first kappa shape index (κ1) is 21.7. The summed E-state index contributed by atoms with van der Waals surface area (Å²) in [5.74, 6) is 2.60. The molecular formula is C20H24N2O4S2. The van der Waals surface area contributed by atoms with Crippen LogP contribution >= 0.6 is 24.4 Å². The molecule has 28 heavy (non-hydrogen) atoms. The zero-order chi connectivity index (χ0) is 20.5. The molecule has 2 rings (SSSR count). The molecule has 0 aliphatic rings. The minimum absolute atomic E-state index is 0.612. The number of thiocarbonyl (C=S) groups is 2. The van der Waals surface area contributed by atoms with E-state index in [1.807, 2.05) is 36.4 Å². The van der Waals surface area contributed by atoms with Crippen molar-refractivity contribution in [2.75, 3.05) is 41.5 Å². The van der Waals surface area contributed by atoms with Crippen LogP contribution in [-0.2, 0) is 0 Å². The molecule has 150 valence electrons. The van der Waals surface area contributed by atoms with E-state index >= 15 is 0 Å². The van der Waals surface area contributed by atoms with Crippen LogP contribution in [0.3, 0.4) is 0 Å². The predicted molar refractivity (Wildman–Crippen MR) is 118 cm³/mol. The summed E-state index contributed by atoms with van der Waals surface area (Å²) in [7, 11) is 6.39. The van der Waals surface area contributed by atoms with Crippen LogP contribution in [0.4, 0.5) is 0 Å². The minimum atomic E-state index is 0.612. The van der Waals surface area contributed by atoms with E-state index in [4.69, 9.17) is 43.4 Å². The topological polar surface area (TPSA) is 61.0 Å². The van der Waals surface area contributed by atoms with E-state index in [0.717, 1.165) is 11.1 Å². The van der Waals surface area contributed by atoms with E-state index in [2.05, 4.69) is 10.6 Å². The van der Waals surface area contributed by atoms with Crippen LogP contribution in [0.1, 0.15) is 11.1 Å². The van der Waals surface area contributed by atoms with Crippen molar-refractivity contribution < 1.29 is 18.9 Å². The molecule has 6 nitrogen and oxygen atoms in total. The molecule has 0 bridgehead atoms. The van der Waals surface area contributed by atoms with Crippen molar-refractivity contribution in [1.29, 1.82) is 0 Å². The Kier molecular flexibility index (Phi) is 8.28. The average Bonchev–Trinajstić information content (AvgIpc) is 2.75. The lowest BCUT2D eigenvalue weighted by Gasteiger charge is -2.14. The van der Waals surface area contributed by atoms with Crippen LogP contribution in [0, 0.1) is 0 Å². The Balaban J connectivity index is 1.87. The minimum Gasteiger partial charge on any atom is -0.493 e. The quantitative estimate of drug-likeness (QED) is 0.474. The fraction of sp³-hybridized carbons (Fsp3) is 0.300. The Morgan fingerprint density at radius 1 is 0.643 bits per heavy atom. The van der Waals surface area contributed by atoms with E-state index in [0.29, 0.717) is 46.1 Å². The predicted octanol–water partition coefficient (Wildman–Crippen LogP) is 2.95. The second-order valence-electron chi connectivity index (χ2n) is 5.65. The molecule has 0 aliphatic heterocycles. The van der Waals surface area contributed by atoms with Gasteiger partial charge in [0.15, 0.2) is 23.0 Å². The molecule has 0 aromatic heterocycles. The molecule has 0 unspecified atom stereocenters. The van der Waals surface area contributed by atoms with Gasteiger partial charge in [-0.2, -0.15) is 0 Å². The smallest absolute Gasteiger partial charge is 0.161 e. The summed E-state index contributed by atoms with van der Waals surface area (Å²) >= 11 is 10.9. The molecule has 0 heterocycles. The Bertz CT molecular complexity index is 773. The summed E-state index contributed by atoms with van der Waals surface area (Å²) in [5.41, 5.74) is 1.71. The Labute approximate surface area is 176 Å². The van der Waals surface area contributed by atoms with Crippen molar-refractivity contribution in [2.24, 2.45) is 0 Å². The maximum Gasteiger partial charge on any atom is 0.161 e. The van der Waals surface area contributed by atoms with Crippen molar-refractivity contribution in [3.8, 4) is 23.0 Å². The standard InChI is InChI=1S/C20H24N2O4S2/c1-23-15-7-5-13(11-17(15)25-3)19(27)21-9-10-22-20(28)14-6-8-16(24-2)18(12-14)26-4/h5-8,11-12H,9-10H2,1-4H3,(H,21,27)(H,22,28). The van der Waals surface area contributed by atoms with Crippen LogP contribution in [-0.4, -0.2) is 51.5 Å². The summed E-state index contributed by atoms with van der Waals surface area (Å²) in [6, 6.07) is 11.1. The van der Waals surface area contributed by atoms with Crippen molar-refractivity contribution in [3.05, 3.63) is 47.5 Å². The first-order chi connectivity index (χ1) is 13.5. The highest BCUT2D eigenvalue weighted by atomic mass is 32.1. The summed E-state index contributed by atoms with van der Waals surface area (Å²) in [5, 5.41) is 6.41. The normalized spacial score (nSPS) is 10.0. The fourth-order valence-electron chi connectivity index (χ4n) is 2.51. The lowest BCUT2D eigenvalue weighted by atomic mass is 10.2. The number of methoxy groups -OCH3 is 4. The van der Waals surface area contributed by atoms with Crippen molar-refractivity contribution >= 4 is 34.4 Å². The zero-order valence-electron chi connectivity index (χ0n) is 16.3. The molecule has 2 aromatic carbocycles. The largest absolute Gasteiger partial charge is 0.493 e. The number of nitrogens with one attached hydrogen (secondary N) is 2. The lowest BCUT2D eigenvalue weighted by molar-refractivity contribution is 0.355. The van der Waals surface area contributed by atoms with Crippen molar-refractivity contribution in [2.45, 2.75) is 0 Å². The maximum atomic E-state index is 5.44. The molecule has 0 saturated carbocycles. The molecule has 0 saturated heterocycles. The van der Waals surface area contributed by atoms with E-state index in [1.54, 1.807) is 28.4 Å². The molecule has 8 heteroatoms. The van der Waals surface area contributed by atoms with Gasteiger partial charge in [0.2, 0.25) is 0 Å². The molecular weight excluding hydrogens is 396 g/mol. The summed E-state index contributed by atoms with van der Waals surface area (Å²) in [6.07, 6.45) is 0. The highest BCUT2D eigenvalue weighted by Crippen LogP contribution is 2.28. The van der Waals surface area contributed by atoms with Gasteiger partial charge in [-0.25, -0.2) is 0 Å². The van der Waals surface area contributed by atoms with Gasteiger partial charge in [-0.1, -0.05) is 24.4 Å². The Morgan fingerprint density at radius 2 is 1.00 bits per heavy atom. The van der Waals surface area contributed by atoms with Crippen molar-refractivity contribution in [3.63, 3.8) is 0 Å². The molecule has 0 amide bonds. The van der Waals surface area contributed by atoms with Gasteiger partial charge < -0.3 is 29.6 Å². The zero-order valence-corrected chi connectivity index (χ0v) is 18.0. The maximum absolute atomic E-state index is 5.44. The number of hydrogen-bond acceptors (Lipinski definition) is 6. The van der Waals surface area contributed by atoms with Gasteiger partial charge in [0, 0.05) is 24.2 Å². The van der Waals surface area contributed by atoms with Crippen LogP contribution < -0.4 is 29.6 Å². The lowest BCUT2D eigenvalue weighted by Crippen LogP contribution is -2.33. The third-order valence-corrected chi connectivity index (χ3v) is 4.75. The molecule has 2 aromatic rings. The van der Waals surface area contributed by atoms with Gasteiger partial charge in [-0.05, 0) is 36.4 Å². The second-order valence-corrected chi connectivity index (χ2v) is 6.47. The van der Waals surface area contributed by atoms with Gasteiger partial charge in [0.1, 0.15) is 9.98 Å². The third-order valence-electron chi connectivity index (χ3n) is 3.99. The molecule has 0 radical (unpaired) electrons. The molecule has 2 N–H and O–H groups in total. The SMILES string of the molecule is COc1ccc(C(=S)NCCNC(=S)c2ccc(OC)c(OC)c2)cc1OC. The number of benzene rings is 2. The van der Waals surface area contributed by atoms with Gasteiger partial charge in [-0.3, -0.25) is 0 Å². The average molecular weight is 421 g/mol.